The van der Waals surface area contributed by atoms with Crippen molar-refractivity contribution in [3.63, 3.8) is 0 Å². The highest BCUT2D eigenvalue weighted by atomic mass is 16.3. The number of rotatable bonds is 2. The van der Waals surface area contributed by atoms with Gasteiger partial charge in [-0.15, -0.1) is 0 Å². The van der Waals surface area contributed by atoms with E-state index in [9.17, 15) is 20.3 Å². The lowest BCUT2D eigenvalue weighted by Gasteiger charge is -2.31. The molecule has 1 saturated heterocycles. The fourth-order valence-corrected chi connectivity index (χ4v) is 4.62. The summed E-state index contributed by atoms with van der Waals surface area (Å²) in [6, 6.07) is 9.91. The molecular weight excluding hydrogens is 330 g/mol. The van der Waals surface area contributed by atoms with Gasteiger partial charge in [-0.3, -0.25) is 4.79 Å². The van der Waals surface area contributed by atoms with Gasteiger partial charge in [-0.1, -0.05) is 18.2 Å². The molecule has 2 heterocycles. The van der Waals surface area contributed by atoms with Crippen molar-refractivity contribution in [1.82, 2.24) is 9.47 Å². The minimum absolute atomic E-state index is 0.0247. The summed E-state index contributed by atoms with van der Waals surface area (Å²) in [5.74, 6) is 0.542. The molecule has 0 radical (unpaired) electrons. The minimum Gasteiger partial charge on any atom is -0.390 e. The summed E-state index contributed by atoms with van der Waals surface area (Å²) in [4.78, 5) is 14.8. The first-order valence-electron chi connectivity index (χ1n) is 9.11. The number of likely N-dealkylation sites (tertiary alicyclic amines) is 1. The molecule has 2 N–H and O–H groups in total. The van der Waals surface area contributed by atoms with E-state index in [1.807, 2.05) is 40.7 Å². The summed E-state index contributed by atoms with van der Waals surface area (Å²) in [5.41, 5.74) is 2.33. The molecule has 4 atom stereocenters. The topological polar surface area (TPSA) is 89.5 Å². The smallest absolute Gasteiger partial charge is 0.242 e. The average molecular weight is 353 g/mol. The Kier molecular flexibility index (Phi) is 4.22. The molecule has 136 valence electrons. The van der Waals surface area contributed by atoms with Gasteiger partial charge < -0.3 is 19.7 Å². The largest absolute Gasteiger partial charge is 0.390 e. The Morgan fingerprint density at radius 1 is 1.19 bits per heavy atom. The fraction of sp³-hybridized carbons (Fsp3) is 0.500. The summed E-state index contributed by atoms with van der Waals surface area (Å²) >= 11 is 0. The van der Waals surface area contributed by atoms with Crippen molar-refractivity contribution in [3.05, 3.63) is 35.5 Å². The summed E-state index contributed by atoms with van der Waals surface area (Å²) in [6.07, 6.45) is -0.250. The molecule has 2 aliphatic rings. The number of aliphatic hydroxyl groups excluding tert-OH is 2. The molecular formula is C20H23N3O3. The number of fused-ring (bicyclic) bond motifs is 2. The van der Waals surface area contributed by atoms with Crippen LogP contribution in [0.3, 0.4) is 0 Å². The van der Waals surface area contributed by atoms with Crippen LogP contribution in [0.1, 0.15) is 24.1 Å². The molecule has 1 saturated carbocycles. The second-order valence-electron chi connectivity index (χ2n) is 7.60. The Balaban J connectivity index is 1.56. The minimum atomic E-state index is -0.680. The number of carbonyl (C=O) groups is 1. The average Bonchev–Trinajstić information content (AvgIpc) is 3.14. The Labute approximate surface area is 152 Å². The van der Waals surface area contributed by atoms with Crippen LogP contribution in [-0.4, -0.2) is 50.9 Å². The van der Waals surface area contributed by atoms with Crippen molar-refractivity contribution in [3.8, 4) is 6.07 Å². The van der Waals surface area contributed by atoms with Gasteiger partial charge in [0, 0.05) is 24.2 Å². The third kappa shape index (κ3) is 2.68. The standard InChI is InChI=1S/C20H23N3O3/c1-12-16(8-21)15-4-2-3-5-17(15)23(12)11-20(26)22-9-13-6-18(24)19(25)7-14(13)10-22/h2-5,13-14,18-19,24-25H,6-7,9-11H2,1H3/t13-,14+,18-,19-/m0/s1. The van der Waals surface area contributed by atoms with E-state index in [2.05, 4.69) is 6.07 Å². The molecule has 6 heteroatoms. The van der Waals surface area contributed by atoms with Crippen LogP contribution in [0.4, 0.5) is 0 Å². The van der Waals surface area contributed by atoms with Gasteiger partial charge in [0.25, 0.3) is 0 Å². The molecule has 0 spiro atoms. The first kappa shape index (κ1) is 17.1. The van der Waals surface area contributed by atoms with Gasteiger partial charge in [0.15, 0.2) is 0 Å². The van der Waals surface area contributed by atoms with E-state index < -0.39 is 12.2 Å². The molecule has 0 unspecified atom stereocenters. The van der Waals surface area contributed by atoms with Gasteiger partial charge in [0.2, 0.25) is 5.91 Å². The zero-order valence-corrected chi connectivity index (χ0v) is 14.8. The van der Waals surface area contributed by atoms with Crippen molar-refractivity contribution in [2.75, 3.05) is 13.1 Å². The Hall–Kier alpha value is -2.36. The number of nitrogens with zero attached hydrogens (tertiary/aromatic N) is 3. The summed E-state index contributed by atoms with van der Waals surface area (Å²) in [6.45, 7) is 3.36. The van der Waals surface area contributed by atoms with Crippen molar-refractivity contribution in [1.29, 1.82) is 5.26 Å². The summed E-state index contributed by atoms with van der Waals surface area (Å²) in [7, 11) is 0. The zero-order valence-electron chi connectivity index (χ0n) is 14.8. The van der Waals surface area contributed by atoms with E-state index in [1.54, 1.807) is 0 Å². The fourth-order valence-electron chi connectivity index (χ4n) is 4.62. The number of aromatic nitrogens is 1. The van der Waals surface area contributed by atoms with Gasteiger partial charge >= 0.3 is 0 Å². The highest BCUT2D eigenvalue weighted by Crippen LogP contribution is 2.36. The van der Waals surface area contributed by atoms with E-state index in [1.165, 1.54) is 0 Å². The number of hydrogen-bond acceptors (Lipinski definition) is 4. The van der Waals surface area contributed by atoms with Crippen molar-refractivity contribution in [2.24, 2.45) is 11.8 Å². The molecule has 1 aliphatic heterocycles. The van der Waals surface area contributed by atoms with E-state index in [0.29, 0.717) is 31.5 Å². The predicted molar refractivity (Wildman–Crippen MR) is 96.2 cm³/mol. The van der Waals surface area contributed by atoms with E-state index in [4.69, 9.17) is 0 Å². The van der Waals surface area contributed by atoms with E-state index >= 15 is 0 Å². The van der Waals surface area contributed by atoms with Crippen molar-refractivity contribution in [2.45, 2.75) is 38.5 Å². The molecule has 1 amide bonds. The number of benzene rings is 1. The van der Waals surface area contributed by atoms with E-state index in [-0.39, 0.29) is 24.3 Å². The van der Waals surface area contributed by atoms with Crippen LogP contribution in [-0.2, 0) is 11.3 Å². The second-order valence-corrected chi connectivity index (χ2v) is 7.60. The molecule has 2 fully saturated rings. The monoisotopic (exact) mass is 353 g/mol. The SMILES string of the molecule is Cc1c(C#N)c2ccccc2n1CC(=O)N1C[C@H]2C[C@H](O)[C@@H](O)C[C@H]2C1. The lowest BCUT2D eigenvalue weighted by molar-refractivity contribution is -0.131. The molecule has 1 aromatic carbocycles. The highest BCUT2D eigenvalue weighted by Gasteiger charge is 2.42. The van der Waals surface area contributed by atoms with Crippen molar-refractivity contribution >= 4 is 16.8 Å². The third-order valence-corrected chi connectivity index (χ3v) is 6.10. The number of nitriles is 1. The quantitative estimate of drug-likeness (QED) is 0.854. The number of aliphatic hydroxyl groups is 2. The molecule has 26 heavy (non-hydrogen) atoms. The van der Waals surface area contributed by atoms with E-state index in [0.717, 1.165) is 16.6 Å². The van der Waals surface area contributed by atoms with Gasteiger partial charge in [-0.2, -0.15) is 5.26 Å². The second kappa shape index (κ2) is 6.42. The maximum Gasteiger partial charge on any atom is 0.242 e. The molecule has 1 aliphatic carbocycles. The number of para-hydroxylation sites is 1. The van der Waals surface area contributed by atoms with Crippen LogP contribution in [0.5, 0.6) is 0 Å². The third-order valence-electron chi connectivity index (χ3n) is 6.10. The molecule has 4 rings (SSSR count). The number of hydrogen-bond donors (Lipinski definition) is 2. The van der Waals surface area contributed by atoms with Gasteiger partial charge in [0.05, 0.1) is 23.3 Å². The maximum absolute atomic E-state index is 12.9. The molecule has 6 nitrogen and oxygen atoms in total. The van der Waals surface area contributed by atoms with Crippen LogP contribution in [0.25, 0.3) is 10.9 Å². The lowest BCUT2D eigenvalue weighted by atomic mass is 9.79. The van der Waals surface area contributed by atoms with Crippen LogP contribution < -0.4 is 0 Å². The van der Waals surface area contributed by atoms with Crippen LogP contribution >= 0.6 is 0 Å². The Morgan fingerprint density at radius 3 is 2.42 bits per heavy atom. The normalized spacial score (nSPS) is 28.2. The molecule has 1 aromatic heterocycles. The van der Waals surface area contributed by atoms with Gasteiger partial charge in [-0.25, -0.2) is 0 Å². The molecule has 2 aromatic rings. The predicted octanol–water partition coefficient (Wildman–Crippen LogP) is 1.41. The number of amides is 1. The summed E-state index contributed by atoms with van der Waals surface area (Å²) < 4.78 is 1.92. The first-order valence-corrected chi connectivity index (χ1v) is 9.11. The maximum atomic E-state index is 12.9. The Bertz CT molecular complexity index is 880. The first-order chi connectivity index (χ1) is 12.5. The zero-order chi connectivity index (χ0) is 18.4. The number of carbonyl (C=O) groups excluding carboxylic acids is 1. The molecule has 0 bridgehead atoms. The Morgan fingerprint density at radius 2 is 1.81 bits per heavy atom. The van der Waals surface area contributed by atoms with Crippen LogP contribution in [0.2, 0.25) is 0 Å². The highest BCUT2D eigenvalue weighted by molar-refractivity contribution is 5.89. The lowest BCUT2D eigenvalue weighted by Crippen LogP contribution is -2.38. The van der Waals surface area contributed by atoms with Gasteiger partial charge in [0.1, 0.15) is 12.6 Å². The van der Waals surface area contributed by atoms with Crippen molar-refractivity contribution < 1.29 is 15.0 Å². The van der Waals surface area contributed by atoms with Gasteiger partial charge in [-0.05, 0) is 37.7 Å². The summed E-state index contributed by atoms with van der Waals surface area (Å²) in [5, 5.41) is 30.1. The van der Waals surface area contributed by atoms with Crippen LogP contribution in [0.15, 0.2) is 24.3 Å². The van der Waals surface area contributed by atoms with Crippen LogP contribution in [0, 0.1) is 30.1 Å².